The predicted octanol–water partition coefficient (Wildman–Crippen LogP) is 2.03. The van der Waals surface area contributed by atoms with Gasteiger partial charge >= 0.3 is 6.03 Å². The van der Waals surface area contributed by atoms with Gasteiger partial charge in [0.1, 0.15) is 0 Å². The SMILES string of the molecule is CCCC1CC1NC(=O)NC1CCCCC1CO. The Kier molecular flexibility index (Phi) is 4.87. The summed E-state index contributed by atoms with van der Waals surface area (Å²) in [6.07, 6.45) is 7.91. The van der Waals surface area contributed by atoms with E-state index in [1.165, 1.54) is 19.3 Å². The van der Waals surface area contributed by atoms with Gasteiger partial charge in [-0.2, -0.15) is 0 Å². The standard InChI is InChI=1S/C14H26N2O2/c1-2-5-10-8-13(10)16-14(18)15-12-7-4-3-6-11(12)9-17/h10-13,17H,2-9H2,1H3,(H2,15,16,18). The van der Waals surface area contributed by atoms with Gasteiger partial charge in [0.15, 0.2) is 0 Å². The Labute approximate surface area is 110 Å². The molecule has 3 N–H and O–H groups in total. The summed E-state index contributed by atoms with van der Waals surface area (Å²) in [6.45, 7) is 2.37. The van der Waals surface area contributed by atoms with Crippen LogP contribution in [0.5, 0.6) is 0 Å². The van der Waals surface area contributed by atoms with Crippen LogP contribution in [-0.4, -0.2) is 29.8 Å². The van der Waals surface area contributed by atoms with E-state index in [4.69, 9.17) is 0 Å². The summed E-state index contributed by atoms with van der Waals surface area (Å²) in [5, 5.41) is 15.4. The molecule has 2 aliphatic rings. The molecule has 0 bridgehead atoms. The molecule has 0 aromatic carbocycles. The Bertz CT molecular complexity index is 283. The molecule has 4 heteroatoms. The van der Waals surface area contributed by atoms with Gasteiger partial charge in [-0.3, -0.25) is 0 Å². The summed E-state index contributed by atoms with van der Waals surface area (Å²) < 4.78 is 0. The number of amides is 2. The van der Waals surface area contributed by atoms with Crippen LogP contribution in [0.15, 0.2) is 0 Å². The van der Waals surface area contributed by atoms with Gasteiger partial charge in [-0.15, -0.1) is 0 Å². The third-order valence-corrected chi connectivity index (χ3v) is 4.36. The minimum absolute atomic E-state index is 0.0380. The second-order valence-electron chi connectivity index (χ2n) is 5.84. The number of carbonyl (C=O) groups is 1. The zero-order valence-corrected chi connectivity index (χ0v) is 11.3. The largest absolute Gasteiger partial charge is 0.396 e. The van der Waals surface area contributed by atoms with Gasteiger partial charge < -0.3 is 15.7 Å². The molecular weight excluding hydrogens is 228 g/mol. The van der Waals surface area contributed by atoms with Crippen molar-refractivity contribution in [3.63, 3.8) is 0 Å². The second-order valence-corrected chi connectivity index (χ2v) is 5.84. The maximum Gasteiger partial charge on any atom is 0.315 e. The first kappa shape index (κ1) is 13.7. The van der Waals surface area contributed by atoms with E-state index in [0.717, 1.165) is 25.7 Å². The molecule has 2 fully saturated rings. The molecule has 18 heavy (non-hydrogen) atoms. The molecule has 0 aliphatic heterocycles. The quantitative estimate of drug-likeness (QED) is 0.703. The van der Waals surface area contributed by atoms with Crippen LogP contribution >= 0.6 is 0 Å². The van der Waals surface area contributed by atoms with Gasteiger partial charge in [-0.1, -0.05) is 26.2 Å². The van der Waals surface area contributed by atoms with E-state index >= 15 is 0 Å². The molecule has 0 aromatic rings. The molecule has 2 rings (SSSR count). The average Bonchev–Trinajstić information content (AvgIpc) is 3.08. The molecule has 0 spiro atoms. The highest BCUT2D eigenvalue weighted by Crippen LogP contribution is 2.34. The van der Waals surface area contributed by atoms with Crippen LogP contribution in [0, 0.1) is 11.8 Å². The van der Waals surface area contributed by atoms with Gasteiger partial charge in [0.2, 0.25) is 0 Å². The van der Waals surface area contributed by atoms with Crippen molar-refractivity contribution in [2.75, 3.05) is 6.61 Å². The Morgan fingerprint density at radius 1 is 1.17 bits per heavy atom. The zero-order chi connectivity index (χ0) is 13.0. The Balaban J connectivity index is 1.70. The van der Waals surface area contributed by atoms with Crippen LogP contribution < -0.4 is 10.6 Å². The summed E-state index contributed by atoms with van der Waals surface area (Å²) in [6, 6.07) is 0.511. The normalized spacial score (nSPS) is 35.0. The number of aliphatic hydroxyl groups is 1. The van der Waals surface area contributed by atoms with Crippen molar-refractivity contribution in [1.82, 2.24) is 10.6 Å². The molecule has 2 aliphatic carbocycles. The number of aliphatic hydroxyl groups excluding tert-OH is 1. The van der Waals surface area contributed by atoms with Gasteiger partial charge in [0, 0.05) is 24.6 Å². The van der Waals surface area contributed by atoms with E-state index in [-0.39, 0.29) is 24.6 Å². The summed E-state index contributed by atoms with van der Waals surface area (Å²) >= 11 is 0. The summed E-state index contributed by atoms with van der Waals surface area (Å²) in [5.74, 6) is 0.941. The number of hydrogen-bond acceptors (Lipinski definition) is 2. The number of rotatable bonds is 5. The minimum Gasteiger partial charge on any atom is -0.396 e. The smallest absolute Gasteiger partial charge is 0.315 e. The van der Waals surface area contributed by atoms with Crippen LogP contribution in [0.4, 0.5) is 4.79 Å². The zero-order valence-electron chi connectivity index (χ0n) is 11.3. The van der Waals surface area contributed by atoms with E-state index < -0.39 is 0 Å². The lowest BCUT2D eigenvalue weighted by Gasteiger charge is -2.30. The fourth-order valence-electron chi connectivity index (χ4n) is 3.11. The third kappa shape index (κ3) is 3.61. The van der Waals surface area contributed by atoms with E-state index in [1.54, 1.807) is 0 Å². The van der Waals surface area contributed by atoms with Crippen LogP contribution in [0.2, 0.25) is 0 Å². The fourth-order valence-corrected chi connectivity index (χ4v) is 3.11. The monoisotopic (exact) mass is 254 g/mol. The molecule has 2 amide bonds. The number of carbonyl (C=O) groups excluding carboxylic acids is 1. The van der Waals surface area contributed by atoms with Crippen molar-refractivity contribution in [2.24, 2.45) is 11.8 Å². The van der Waals surface area contributed by atoms with Gasteiger partial charge in [-0.05, 0) is 31.6 Å². The maximum atomic E-state index is 11.9. The number of hydrogen-bond donors (Lipinski definition) is 3. The van der Waals surface area contributed by atoms with Crippen molar-refractivity contribution >= 4 is 6.03 Å². The van der Waals surface area contributed by atoms with Crippen molar-refractivity contribution in [1.29, 1.82) is 0 Å². The van der Waals surface area contributed by atoms with Crippen LogP contribution in [0.25, 0.3) is 0 Å². The Morgan fingerprint density at radius 3 is 2.61 bits per heavy atom. The maximum absolute atomic E-state index is 11.9. The molecule has 104 valence electrons. The molecule has 4 nitrogen and oxygen atoms in total. The third-order valence-electron chi connectivity index (χ3n) is 4.36. The van der Waals surface area contributed by atoms with Crippen molar-refractivity contribution in [2.45, 2.75) is 64.0 Å². The second kappa shape index (κ2) is 6.41. The number of urea groups is 1. The summed E-state index contributed by atoms with van der Waals surface area (Å²) in [7, 11) is 0. The average molecular weight is 254 g/mol. The van der Waals surface area contributed by atoms with Gasteiger partial charge in [0.25, 0.3) is 0 Å². The molecule has 0 radical (unpaired) electrons. The molecule has 2 saturated carbocycles. The molecule has 0 saturated heterocycles. The summed E-state index contributed by atoms with van der Waals surface area (Å²) in [5.41, 5.74) is 0. The van der Waals surface area contributed by atoms with E-state index in [9.17, 15) is 9.90 Å². The van der Waals surface area contributed by atoms with Crippen molar-refractivity contribution in [3.05, 3.63) is 0 Å². The highest BCUT2D eigenvalue weighted by Gasteiger charge is 2.37. The van der Waals surface area contributed by atoms with E-state index in [1.807, 2.05) is 0 Å². The van der Waals surface area contributed by atoms with Crippen LogP contribution in [-0.2, 0) is 0 Å². The first-order valence-corrected chi connectivity index (χ1v) is 7.42. The number of nitrogens with one attached hydrogen (secondary N) is 2. The highest BCUT2D eigenvalue weighted by molar-refractivity contribution is 5.75. The van der Waals surface area contributed by atoms with Gasteiger partial charge in [-0.25, -0.2) is 4.79 Å². The molecule has 4 atom stereocenters. The van der Waals surface area contributed by atoms with E-state index in [0.29, 0.717) is 12.0 Å². The first-order valence-electron chi connectivity index (χ1n) is 7.42. The Hall–Kier alpha value is -0.770. The molecule has 0 heterocycles. The lowest BCUT2D eigenvalue weighted by atomic mass is 9.85. The predicted molar refractivity (Wildman–Crippen MR) is 71.3 cm³/mol. The topological polar surface area (TPSA) is 61.4 Å². The molecule has 0 aromatic heterocycles. The van der Waals surface area contributed by atoms with Gasteiger partial charge in [0.05, 0.1) is 0 Å². The summed E-state index contributed by atoms with van der Waals surface area (Å²) in [4.78, 5) is 11.9. The Morgan fingerprint density at radius 2 is 1.89 bits per heavy atom. The lowest BCUT2D eigenvalue weighted by Crippen LogP contribution is -2.48. The fraction of sp³-hybridized carbons (Fsp3) is 0.929. The highest BCUT2D eigenvalue weighted by atomic mass is 16.3. The van der Waals surface area contributed by atoms with E-state index in [2.05, 4.69) is 17.6 Å². The van der Waals surface area contributed by atoms with Crippen molar-refractivity contribution in [3.8, 4) is 0 Å². The first-order chi connectivity index (χ1) is 8.74. The molecule has 4 unspecified atom stereocenters. The van der Waals surface area contributed by atoms with Crippen LogP contribution in [0.3, 0.4) is 0 Å². The lowest BCUT2D eigenvalue weighted by molar-refractivity contribution is 0.153. The molecular formula is C14H26N2O2. The minimum atomic E-state index is -0.0380. The van der Waals surface area contributed by atoms with Crippen molar-refractivity contribution < 1.29 is 9.90 Å². The van der Waals surface area contributed by atoms with Crippen LogP contribution in [0.1, 0.15) is 51.9 Å².